The molecule has 6 nitrogen and oxygen atoms in total. The van der Waals surface area contributed by atoms with E-state index in [0.717, 1.165) is 0 Å². The molecule has 2 bridgehead atoms. The van der Waals surface area contributed by atoms with Gasteiger partial charge in [-0.3, -0.25) is 9.59 Å². The van der Waals surface area contributed by atoms with Crippen LogP contribution < -0.4 is 0 Å². The third-order valence-corrected chi connectivity index (χ3v) is 5.34. The summed E-state index contributed by atoms with van der Waals surface area (Å²) >= 11 is 0. The summed E-state index contributed by atoms with van der Waals surface area (Å²) in [6.45, 7) is 8.64. The molecule has 3 atom stereocenters. The van der Waals surface area contributed by atoms with Gasteiger partial charge in [0.2, 0.25) is 0 Å². The number of rotatable bonds is 5. The molecule has 0 spiro atoms. The molecule has 0 aromatic rings. The van der Waals surface area contributed by atoms with Crippen molar-refractivity contribution < 1.29 is 28.6 Å². The molecule has 1 saturated heterocycles. The van der Waals surface area contributed by atoms with Gasteiger partial charge in [-0.2, -0.15) is 0 Å². The maximum Gasteiger partial charge on any atom is 0.344 e. The highest BCUT2D eigenvalue weighted by molar-refractivity contribution is 5.81. The van der Waals surface area contributed by atoms with Crippen LogP contribution in [0.25, 0.3) is 0 Å². The number of ether oxygens (including phenoxy) is 3. The van der Waals surface area contributed by atoms with Crippen molar-refractivity contribution in [2.45, 2.75) is 72.0 Å². The first-order valence-corrected chi connectivity index (χ1v) is 8.13. The summed E-state index contributed by atoms with van der Waals surface area (Å²) < 4.78 is 15.9. The Kier molecular flexibility index (Phi) is 4.48. The van der Waals surface area contributed by atoms with Crippen molar-refractivity contribution in [1.82, 2.24) is 0 Å². The van der Waals surface area contributed by atoms with E-state index in [1.807, 2.05) is 13.8 Å². The van der Waals surface area contributed by atoms with Crippen molar-refractivity contribution >= 4 is 17.9 Å². The molecule has 0 amide bonds. The molecule has 130 valence electrons. The van der Waals surface area contributed by atoms with E-state index in [-0.39, 0.29) is 5.97 Å². The Labute approximate surface area is 136 Å². The molecule has 1 aliphatic carbocycles. The molecule has 6 heteroatoms. The van der Waals surface area contributed by atoms with Crippen LogP contribution in [0.2, 0.25) is 0 Å². The van der Waals surface area contributed by atoms with Crippen LogP contribution in [0.3, 0.4) is 0 Å². The lowest BCUT2D eigenvalue weighted by atomic mass is 9.71. The topological polar surface area (TPSA) is 78.9 Å². The van der Waals surface area contributed by atoms with Crippen LogP contribution in [0.5, 0.6) is 0 Å². The lowest BCUT2D eigenvalue weighted by molar-refractivity contribution is -0.185. The van der Waals surface area contributed by atoms with E-state index >= 15 is 0 Å². The molecule has 2 rings (SSSR count). The Bertz CT molecular complexity index is 525. The summed E-state index contributed by atoms with van der Waals surface area (Å²) in [6, 6.07) is 0. The third-order valence-electron chi connectivity index (χ3n) is 5.34. The number of hydrogen-bond acceptors (Lipinski definition) is 6. The Hall–Kier alpha value is -1.59. The zero-order valence-electron chi connectivity index (χ0n) is 14.6. The molecule has 23 heavy (non-hydrogen) atoms. The summed E-state index contributed by atoms with van der Waals surface area (Å²) in [5.41, 5.74) is -1.94. The highest BCUT2D eigenvalue weighted by Gasteiger charge is 2.58. The number of fused-ring (bicyclic) bond motifs is 2. The summed E-state index contributed by atoms with van der Waals surface area (Å²) in [7, 11) is 0. The predicted octanol–water partition coefficient (Wildman–Crippen LogP) is 2.38. The summed E-state index contributed by atoms with van der Waals surface area (Å²) in [6.07, 6.45) is 1.92. The highest BCUT2D eigenvalue weighted by atomic mass is 16.6. The predicted molar refractivity (Wildman–Crippen MR) is 81.4 cm³/mol. The Morgan fingerprint density at radius 1 is 1.30 bits per heavy atom. The lowest BCUT2D eigenvalue weighted by Crippen LogP contribution is -2.47. The van der Waals surface area contributed by atoms with E-state index in [4.69, 9.17) is 14.2 Å². The van der Waals surface area contributed by atoms with Crippen LogP contribution in [0.15, 0.2) is 0 Å². The van der Waals surface area contributed by atoms with Crippen molar-refractivity contribution in [3.8, 4) is 0 Å². The average molecular weight is 326 g/mol. The van der Waals surface area contributed by atoms with Gasteiger partial charge in [0.1, 0.15) is 11.7 Å². The van der Waals surface area contributed by atoms with Crippen molar-refractivity contribution in [3.63, 3.8) is 0 Å². The van der Waals surface area contributed by atoms with Crippen LogP contribution >= 0.6 is 0 Å². The zero-order valence-corrected chi connectivity index (χ0v) is 14.6. The average Bonchev–Trinajstić information content (AvgIpc) is 2.75. The van der Waals surface area contributed by atoms with E-state index in [2.05, 4.69) is 0 Å². The molecule has 3 unspecified atom stereocenters. The summed E-state index contributed by atoms with van der Waals surface area (Å²) in [5.74, 6) is -1.26. The largest absolute Gasteiger partial charge is 0.458 e. The fourth-order valence-electron chi connectivity index (χ4n) is 2.91. The molecule has 0 aromatic heterocycles. The van der Waals surface area contributed by atoms with E-state index in [0.29, 0.717) is 25.7 Å². The van der Waals surface area contributed by atoms with Crippen LogP contribution in [-0.2, 0) is 28.6 Å². The van der Waals surface area contributed by atoms with Gasteiger partial charge in [0.05, 0.1) is 10.8 Å². The molecule has 2 fully saturated rings. The first kappa shape index (κ1) is 17.8. The molecular weight excluding hydrogens is 300 g/mol. The van der Waals surface area contributed by atoms with Gasteiger partial charge >= 0.3 is 17.9 Å². The fraction of sp³-hybridized carbons (Fsp3) is 0.824. The van der Waals surface area contributed by atoms with Gasteiger partial charge in [0.25, 0.3) is 0 Å². The van der Waals surface area contributed by atoms with Gasteiger partial charge in [-0.1, -0.05) is 6.92 Å². The second kappa shape index (κ2) is 5.80. The smallest absolute Gasteiger partial charge is 0.344 e. The van der Waals surface area contributed by atoms with Crippen LogP contribution in [0, 0.1) is 10.8 Å². The molecule has 1 aliphatic heterocycles. The third kappa shape index (κ3) is 3.35. The normalized spacial score (nSPS) is 33.1. The van der Waals surface area contributed by atoms with Gasteiger partial charge in [-0.15, -0.1) is 0 Å². The maximum atomic E-state index is 12.0. The lowest BCUT2D eigenvalue weighted by Gasteiger charge is -2.38. The highest BCUT2D eigenvalue weighted by Crippen LogP contribution is 2.49. The zero-order chi connectivity index (χ0) is 17.5. The molecule has 0 aromatic carbocycles. The minimum absolute atomic E-state index is 0.224. The molecular formula is C17H26O6. The van der Waals surface area contributed by atoms with Crippen molar-refractivity contribution in [2.75, 3.05) is 6.61 Å². The van der Waals surface area contributed by atoms with Crippen LogP contribution in [-0.4, -0.2) is 36.2 Å². The van der Waals surface area contributed by atoms with E-state index < -0.39 is 41.1 Å². The minimum Gasteiger partial charge on any atom is -0.458 e. The Morgan fingerprint density at radius 2 is 1.96 bits per heavy atom. The van der Waals surface area contributed by atoms with Crippen molar-refractivity contribution in [3.05, 3.63) is 0 Å². The second-order valence-electron chi connectivity index (χ2n) is 7.76. The SMILES string of the molecule is CCC(C)(C)C(=O)OCC(=O)OC1(C)CCC2(C)CC1OC2=O. The molecule has 2 aliphatic rings. The number of esters is 3. The van der Waals surface area contributed by atoms with Gasteiger partial charge < -0.3 is 14.2 Å². The van der Waals surface area contributed by atoms with Gasteiger partial charge in [0, 0.05) is 6.42 Å². The number of hydrogen-bond donors (Lipinski definition) is 0. The first-order valence-electron chi connectivity index (χ1n) is 8.13. The standard InChI is InChI=1S/C17H26O6/c1-6-15(2,3)13(19)21-10-12(18)23-17(5)8-7-16(4)9-11(17)22-14(16)20/h11H,6-10H2,1-5H3. The molecule has 1 heterocycles. The monoisotopic (exact) mass is 326 g/mol. The summed E-state index contributed by atoms with van der Waals surface area (Å²) in [4.78, 5) is 35.8. The van der Waals surface area contributed by atoms with Crippen molar-refractivity contribution in [2.24, 2.45) is 10.8 Å². The molecule has 0 radical (unpaired) electrons. The van der Waals surface area contributed by atoms with Gasteiger partial charge in [-0.25, -0.2) is 4.79 Å². The Morgan fingerprint density at radius 3 is 2.57 bits per heavy atom. The van der Waals surface area contributed by atoms with Crippen molar-refractivity contribution in [1.29, 1.82) is 0 Å². The van der Waals surface area contributed by atoms with Crippen LogP contribution in [0.1, 0.15) is 60.3 Å². The number of carbonyl (C=O) groups excluding carboxylic acids is 3. The van der Waals surface area contributed by atoms with E-state index in [9.17, 15) is 14.4 Å². The first-order chi connectivity index (χ1) is 10.5. The quantitative estimate of drug-likeness (QED) is 0.570. The van der Waals surface area contributed by atoms with Crippen LogP contribution in [0.4, 0.5) is 0 Å². The number of carbonyl (C=O) groups is 3. The van der Waals surface area contributed by atoms with Gasteiger partial charge in [-0.05, 0) is 47.0 Å². The summed E-state index contributed by atoms with van der Waals surface area (Å²) in [5, 5.41) is 0. The maximum absolute atomic E-state index is 12.0. The van der Waals surface area contributed by atoms with E-state index in [1.54, 1.807) is 20.8 Å². The van der Waals surface area contributed by atoms with Gasteiger partial charge in [0.15, 0.2) is 6.61 Å². The molecule has 0 N–H and O–H groups in total. The van der Waals surface area contributed by atoms with E-state index in [1.165, 1.54) is 0 Å². The Balaban J connectivity index is 1.91. The minimum atomic E-state index is -0.852. The second-order valence-corrected chi connectivity index (χ2v) is 7.76. The fourth-order valence-corrected chi connectivity index (χ4v) is 2.91. The molecule has 1 saturated carbocycles.